The summed E-state index contributed by atoms with van der Waals surface area (Å²) >= 11 is 0. The maximum Gasteiger partial charge on any atom is 0.220 e. The number of aryl methyl sites for hydroxylation is 1. The number of fused-ring (bicyclic) bond motifs is 1. The largest absolute Gasteiger partial charge is 0.361 e. The molecule has 2 aromatic rings. The van der Waals surface area contributed by atoms with Gasteiger partial charge in [-0.1, -0.05) is 18.2 Å². The Labute approximate surface area is 136 Å². The van der Waals surface area contributed by atoms with Crippen molar-refractivity contribution in [2.75, 3.05) is 18.1 Å². The Balaban J connectivity index is 1.41. The third-order valence-corrected chi connectivity index (χ3v) is 6.28. The Morgan fingerprint density at radius 3 is 2.91 bits per heavy atom. The van der Waals surface area contributed by atoms with Crippen LogP contribution in [0.5, 0.6) is 0 Å². The summed E-state index contributed by atoms with van der Waals surface area (Å²) in [5.74, 6) is 0.559. The molecule has 0 aliphatic carbocycles. The lowest BCUT2D eigenvalue weighted by atomic mass is 10.1. The molecule has 1 aliphatic heterocycles. The molecule has 0 radical (unpaired) electrons. The summed E-state index contributed by atoms with van der Waals surface area (Å²) in [4.78, 5) is 15.1. The van der Waals surface area contributed by atoms with Gasteiger partial charge in [-0.25, -0.2) is 8.42 Å². The van der Waals surface area contributed by atoms with Gasteiger partial charge in [-0.3, -0.25) is 4.79 Å². The second kappa shape index (κ2) is 6.74. The van der Waals surface area contributed by atoms with Crippen molar-refractivity contribution in [2.45, 2.75) is 25.7 Å². The van der Waals surface area contributed by atoms with E-state index in [4.69, 9.17) is 0 Å². The fourth-order valence-electron chi connectivity index (χ4n) is 3.16. The minimum absolute atomic E-state index is 0.00846. The standard InChI is InChI=1S/C17H22N2O3S/c20-17(19-10-13-8-9-23(21,22)12-13)7-3-4-14-11-18-16-6-2-1-5-15(14)16/h1-2,5-6,11,13,18H,3-4,7-10,12H2,(H,19,20). The number of hydrogen-bond donors (Lipinski definition) is 2. The predicted octanol–water partition coefficient (Wildman–Crippen LogP) is 2.04. The molecule has 23 heavy (non-hydrogen) atoms. The van der Waals surface area contributed by atoms with Crippen LogP contribution in [0.15, 0.2) is 30.5 Å². The number of para-hydroxylation sites is 1. The average molecular weight is 334 g/mol. The summed E-state index contributed by atoms with van der Waals surface area (Å²) in [6.07, 6.45) is 4.79. The van der Waals surface area contributed by atoms with Crippen LogP contribution in [0.1, 0.15) is 24.8 Å². The number of aromatic amines is 1. The van der Waals surface area contributed by atoms with Gasteiger partial charge in [-0.05, 0) is 36.8 Å². The lowest BCUT2D eigenvalue weighted by Crippen LogP contribution is -2.29. The molecule has 2 N–H and O–H groups in total. The normalized spacial score (nSPS) is 19.9. The summed E-state index contributed by atoms with van der Waals surface area (Å²) in [5.41, 5.74) is 2.35. The summed E-state index contributed by atoms with van der Waals surface area (Å²) in [6.45, 7) is 0.477. The van der Waals surface area contributed by atoms with Gasteiger partial charge in [0.05, 0.1) is 11.5 Å². The molecular formula is C17H22N2O3S. The summed E-state index contributed by atoms with van der Waals surface area (Å²) < 4.78 is 22.8. The number of nitrogens with one attached hydrogen (secondary N) is 2. The van der Waals surface area contributed by atoms with Gasteiger partial charge in [0.25, 0.3) is 0 Å². The summed E-state index contributed by atoms with van der Waals surface area (Å²) in [5, 5.41) is 4.08. The van der Waals surface area contributed by atoms with Crippen molar-refractivity contribution in [2.24, 2.45) is 5.92 Å². The maximum absolute atomic E-state index is 11.9. The molecule has 6 heteroatoms. The Kier molecular flexibility index (Phi) is 4.71. The number of hydrogen-bond acceptors (Lipinski definition) is 3. The topological polar surface area (TPSA) is 79.0 Å². The Bertz CT molecular complexity index is 795. The number of amides is 1. The van der Waals surface area contributed by atoms with Gasteiger partial charge in [0.2, 0.25) is 5.91 Å². The molecule has 124 valence electrons. The predicted molar refractivity (Wildman–Crippen MR) is 91.0 cm³/mol. The minimum Gasteiger partial charge on any atom is -0.361 e. The van der Waals surface area contributed by atoms with Crippen LogP contribution in [0.3, 0.4) is 0 Å². The van der Waals surface area contributed by atoms with Crippen molar-refractivity contribution in [3.05, 3.63) is 36.0 Å². The smallest absolute Gasteiger partial charge is 0.220 e. The Morgan fingerprint density at radius 2 is 2.13 bits per heavy atom. The first-order valence-corrected chi connectivity index (χ1v) is 9.88. The van der Waals surface area contributed by atoms with E-state index >= 15 is 0 Å². The van der Waals surface area contributed by atoms with Gasteiger partial charge >= 0.3 is 0 Å². The van der Waals surface area contributed by atoms with Gasteiger partial charge in [-0.15, -0.1) is 0 Å². The number of benzene rings is 1. The third-order valence-electron chi connectivity index (χ3n) is 4.44. The molecule has 1 aromatic carbocycles. The second-order valence-electron chi connectivity index (χ2n) is 6.29. The van der Waals surface area contributed by atoms with Gasteiger partial charge in [0, 0.05) is 30.1 Å². The van der Waals surface area contributed by atoms with Crippen molar-refractivity contribution in [3.8, 4) is 0 Å². The molecule has 1 aliphatic rings. The molecule has 1 atom stereocenters. The maximum atomic E-state index is 11.9. The van der Waals surface area contributed by atoms with Gasteiger partial charge in [-0.2, -0.15) is 0 Å². The zero-order valence-corrected chi connectivity index (χ0v) is 13.9. The Hall–Kier alpha value is -1.82. The first-order valence-electron chi connectivity index (χ1n) is 8.05. The highest BCUT2D eigenvalue weighted by atomic mass is 32.2. The SMILES string of the molecule is O=C(CCCc1c[nH]c2ccccc12)NCC1CCS(=O)(=O)C1. The number of carbonyl (C=O) groups is 1. The summed E-state index contributed by atoms with van der Waals surface area (Å²) in [7, 11) is -2.87. The zero-order valence-electron chi connectivity index (χ0n) is 13.0. The van der Waals surface area contributed by atoms with Gasteiger partial charge in [0.1, 0.15) is 0 Å². The summed E-state index contributed by atoms with van der Waals surface area (Å²) in [6, 6.07) is 8.14. The number of rotatable bonds is 6. The van der Waals surface area contributed by atoms with E-state index in [1.54, 1.807) is 0 Å². The first kappa shape index (κ1) is 16.1. The highest BCUT2D eigenvalue weighted by molar-refractivity contribution is 7.91. The van der Waals surface area contributed by atoms with Crippen LogP contribution in [0, 0.1) is 5.92 Å². The van der Waals surface area contributed by atoms with Crippen LogP contribution in [-0.4, -0.2) is 37.4 Å². The van der Waals surface area contributed by atoms with E-state index in [9.17, 15) is 13.2 Å². The first-order chi connectivity index (χ1) is 11.0. The van der Waals surface area contributed by atoms with Crippen LogP contribution in [0.4, 0.5) is 0 Å². The molecule has 1 saturated heterocycles. The van der Waals surface area contributed by atoms with Crippen molar-refractivity contribution in [1.82, 2.24) is 10.3 Å². The van der Waals surface area contributed by atoms with Crippen molar-refractivity contribution < 1.29 is 13.2 Å². The van der Waals surface area contributed by atoms with E-state index in [1.165, 1.54) is 10.9 Å². The van der Waals surface area contributed by atoms with E-state index in [0.717, 1.165) is 18.4 Å². The molecule has 5 nitrogen and oxygen atoms in total. The number of carbonyl (C=O) groups excluding carboxylic acids is 1. The van der Waals surface area contributed by atoms with Crippen molar-refractivity contribution >= 4 is 26.6 Å². The molecule has 1 aromatic heterocycles. The number of aromatic nitrogens is 1. The van der Waals surface area contributed by atoms with E-state index in [0.29, 0.717) is 19.4 Å². The number of H-pyrrole nitrogens is 1. The van der Waals surface area contributed by atoms with Crippen LogP contribution >= 0.6 is 0 Å². The molecular weight excluding hydrogens is 312 g/mol. The fraction of sp³-hybridized carbons (Fsp3) is 0.471. The van der Waals surface area contributed by atoms with Gasteiger partial charge < -0.3 is 10.3 Å². The van der Waals surface area contributed by atoms with Crippen LogP contribution in [-0.2, 0) is 21.1 Å². The van der Waals surface area contributed by atoms with Crippen LogP contribution in [0.2, 0.25) is 0 Å². The van der Waals surface area contributed by atoms with E-state index in [2.05, 4.69) is 16.4 Å². The Morgan fingerprint density at radius 1 is 1.30 bits per heavy atom. The molecule has 2 heterocycles. The molecule has 3 rings (SSSR count). The molecule has 0 spiro atoms. The highest BCUT2D eigenvalue weighted by Crippen LogP contribution is 2.20. The van der Waals surface area contributed by atoms with E-state index in [-0.39, 0.29) is 23.3 Å². The van der Waals surface area contributed by atoms with Crippen molar-refractivity contribution in [1.29, 1.82) is 0 Å². The third kappa shape index (κ3) is 4.13. The van der Waals surface area contributed by atoms with E-state index in [1.807, 2.05) is 24.4 Å². The van der Waals surface area contributed by atoms with Crippen LogP contribution in [0.25, 0.3) is 10.9 Å². The van der Waals surface area contributed by atoms with Crippen LogP contribution < -0.4 is 5.32 Å². The van der Waals surface area contributed by atoms with E-state index < -0.39 is 9.84 Å². The second-order valence-corrected chi connectivity index (χ2v) is 8.51. The quantitative estimate of drug-likeness (QED) is 0.848. The molecule has 0 bridgehead atoms. The lowest BCUT2D eigenvalue weighted by Gasteiger charge is -2.09. The molecule has 1 fully saturated rings. The van der Waals surface area contributed by atoms with Crippen molar-refractivity contribution in [3.63, 3.8) is 0 Å². The van der Waals surface area contributed by atoms with Gasteiger partial charge in [0.15, 0.2) is 9.84 Å². The highest BCUT2D eigenvalue weighted by Gasteiger charge is 2.27. The monoisotopic (exact) mass is 334 g/mol. The molecule has 1 amide bonds. The number of sulfone groups is 1. The zero-order chi connectivity index (χ0) is 16.3. The molecule has 0 saturated carbocycles. The minimum atomic E-state index is -2.87. The lowest BCUT2D eigenvalue weighted by molar-refractivity contribution is -0.121. The molecule has 1 unspecified atom stereocenters. The average Bonchev–Trinajstić information content (AvgIpc) is 3.09. The fourth-order valence-corrected chi connectivity index (χ4v) is 5.02.